The summed E-state index contributed by atoms with van der Waals surface area (Å²) in [7, 11) is 1.33. The van der Waals surface area contributed by atoms with Crippen molar-refractivity contribution in [1.29, 1.82) is 0 Å². The highest BCUT2D eigenvalue weighted by atomic mass is 19.2. The summed E-state index contributed by atoms with van der Waals surface area (Å²) in [5.41, 5.74) is -2.39. The molecule has 2 N–H and O–H groups in total. The normalized spacial score (nSPS) is 12.1. The van der Waals surface area contributed by atoms with Crippen molar-refractivity contribution in [2.24, 2.45) is 5.10 Å². The second-order valence-corrected chi connectivity index (χ2v) is 4.51. The number of aliphatic hydroxyl groups excluding tert-OH is 1. The molecule has 1 aromatic carbocycles. The fourth-order valence-corrected chi connectivity index (χ4v) is 1.84. The molecule has 0 bridgehead atoms. The number of esters is 1. The molecule has 0 aliphatic heterocycles. The summed E-state index contributed by atoms with van der Waals surface area (Å²) in [6.45, 7) is 2.12. The molecule has 0 unspecified atom stereocenters. The molecule has 0 aromatic heterocycles. The van der Waals surface area contributed by atoms with Crippen molar-refractivity contribution in [2.45, 2.75) is 13.8 Å². The monoisotopic (exact) mass is 361 g/mol. The van der Waals surface area contributed by atoms with Crippen LogP contribution in [0.4, 0.5) is 18.9 Å². The maximum Gasteiger partial charge on any atom is 0.343 e. The SMILES string of the molecule is CCOC(=O)C(C=NNC)=C(O)c1c(F)c(C)c(F)c(F)c1[N+](=O)[O-]. The van der Waals surface area contributed by atoms with Gasteiger partial charge in [-0.25, -0.2) is 13.6 Å². The number of aliphatic hydroxyl groups is 1. The molecule has 0 amide bonds. The zero-order valence-corrected chi connectivity index (χ0v) is 13.4. The highest BCUT2D eigenvalue weighted by molar-refractivity contribution is 6.15. The Labute approximate surface area is 139 Å². The number of ether oxygens (including phenoxy) is 1. The maximum atomic E-state index is 14.3. The fourth-order valence-electron chi connectivity index (χ4n) is 1.84. The lowest BCUT2D eigenvalue weighted by atomic mass is 10.0. The second kappa shape index (κ2) is 8.13. The first-order valence-corrected chi connectivity index (χ1v) is 6.80. The third-order valence-corrected chi connectivity index (χ3v) is 3.01. The number of nitro benzene ring substituents is 1. The van der Waals surface area contributed by atoms with Crippen molar-refractivity contribution < 1.29 is 32.7 Å². The van der Waals surface area contributed by atoms with Crippen LogP contribution in [0, 0.1) is 34.5 Å². The average molecular weight is 361 g/mol. The van der Waals surface area contributed by atoms with Crippen molar-refractivity contribution in [1.82, 2.24) is 5.43 Å². The van der Waals surface area contributed by atoms with Crippen LogP contribution in [0.15, 0.2) is 10.7 Å². The smallest absolute Gasteiger partial charge is 0.343 e. The van der Waals surface area contributed by atoms with Gasteiger partial charge in [0.15, 0.2) is 5.82 Å². The van der Waals surface area contributed by atoms with Gasteiger partial charge >= 0.3 is 11.7 Å². The Kier molecular flexibility index (Phi) is 6.48. The van der Waals surface area contributed by atoms with Gasteiger partial charge in [-0.15, -0.1) is 0 Å². The van der Waals surface area contributed by atoms with Crippen molar-refractivity contribution >= 4 is 23.6 Å². The van der Waals surface area contributed by atoms with E-state index in [4.69, 9.17) is 0 Å². The number of nitrogens with one attached hydrogen (secondary N) is 1. The van der Waals surface area contributed by atoms with Gasteiger partial charge in [0.2, 0.25) is 5.82 Å². The van der Waals surface area contributed by atoms with Gasteiger partial charge in [0.05, 0.1) is 17.7 Å². The van der Waals surface area contributed by atoms with E-state index in [1.165, 1.54) is 14.0 Å². The van der Waals surface area contributed by atoms with Gasteiger partial charge < -0.3 is 15.3 Å². The quantitative estimate of drug-likeness (QED) is 0.153. The molecule has 0 atom stereocenters. The van der Waals surface area contributed by atoms with Crippen LogP contribution < -0.4 is 5.43 Å². The van der Waals surface area contributed by atoms with E-state index in [1.54, 1.807) is 0 Å². The molecule has 0 heterocycles. The molecule has 0 saturated heterocycles. The fraction of sp³-hybridized carbons (Fsp3) is 0.286. The Morgan fingerprint density at radius 1 is 1.36 bits per heavy atom. The van der Waals surface area contributed by atoms with Gasteiger partial charge in [-0.05, 0) is 13.8 Å². The highest BCUT2D eigenvalue weighted by Gasteiger charge is 2.35. The molecule has 0 saturated carbocycles. The van der Waals surface area contributed by atoms with E-state index in [9.17, 15) is 33.2 Å². The third kappa shape index (κ3) is 3.87. The Bertz CT molecular complexity index is 778. The van der Waals surface area contributed by atoms with Crippen LogP contribution in [0.5, 0.6) is 0 Å². The summed E-state index contributed by atoms with van der Waals surface area (Å²) < 4.78 is 46.5. The Balaban J connectivity index is 3.89. The minimum atomic E-state index is -1.97. The summed E-state index contributed by atoms with van der Waals surface area (Å²) in [6, 6.07) is 0. The number of halogens is 3. The first-order valence-electron chi connectivity index (χ1n) is 6.80. The number of hydrogen-bond acceptors (Lipinski definition) is 7. The molecule has 11 heteroatoms. The topological polar surface area (TPSA) is 114 Å². The van der Waals surface area contributed by atoms with Crippen molar-refractivity contribution in [2.75, 3.05) is 13.7 Å². The average Bonchev–Trinajstić information content (AvgIpc) is 2.55. The number of rotatable bonds is 6. The Hall–Kier alpha value is -3.11. The standard InChI is InChI=1S/C14H14F3N3O5/c1-4-25-14(22)7(5-19-18-3)13(21)8-9(15)6(2)10(16)11(17)12(8)20(23)24/h5,18,21H,4H2,1-3H3. The summed E-state index contributed by atoms with van der Waals surface area (Å²) in [6.07, 6.45) is 0.701. The number of hydrazone groups is 1. The number of hydrogen-bond donors (Lipinski definition) is 2. The molecular weight excluding hydrogens is 347 g/mol. The van der Waals surface area contributed by atoms with Gasteiger partial charge in [-0.2, -0.15) is 9.49 Å². The van der Waals surface area contributed by atoms with Crippen LogP contribution in [0.2, 0.25) is 0 Å². The molecule has 1 aromatic rings. The summed E-state index contributed by atoms with van der Waals surface area (Å²) in [5, 5.41) is 24.6. The lowest BCUT2D eigenvalue weighted by Gasteiger charge is -2.11. The first kappa shape index (κ1) is 19.9. The summed E-state index contributed by atoms with van der Waals surface area (Å²) in [4.78, 5) is 21.5. The van der Waals surface area contributed by atoms with Crippen molar-refractivity contribution in [3.8, 4) is 0 Å². The predicted octanol–water partition coefficient (Wildman–Crippen LogP) is 2.36. The number of nitro groups is 1. The van der Waals surface area contributed by atoms with Gasteiger partial charge in [0, 0.05) is 12.6 Å². The molecule has 0 radical (unpaired) electrons. The third-order valence-electron chi connectivity index (χ3n) is 3.01. The lowest BCUT2D eigenvalue weighted by molar-refractivity contribution is -0.388. The number of benzene rings is 1. The first-order chi connectivity index (χ1) is 11.7. The van der Waals surface area contributed by atoms with Gasteiger partial charge in [0.25, 0.3) is 0 Å². The second-order valence-electron chi connectivity index (χ2n) is 4.51. The van der Waals surface area contributed by atoms with Gasteiger partial charge in [-0.3, -0.25) is 10.1 Å². The zero-order valence-electron chi connectivity index (χ0n) is 13.4. The Morgan fingerprint density at radius 2 is 1.96 bits per heavy atom. The van der Waals surface area contributed by atoms with Crippen molar-refractivity contribution in [3.05, 3.63) is 44.3 Å². The maximum absolute atomic E-state index is 14.3. The lowest BCUT2D eigenvalue weighted by Crippen LogP contribution is -2.15. The van der Waals surface area contributed by atoms with Crippen LogP contribution in [0.1, 0.15) is 18.1 Å². The molecule has 136 valence electrons. The number of carbonyl (C=O) groups excluding carboxylic acids is 1. The molecule has 0 fully saturated rings. The molecule has 8 nitrogen and oxygen atoms in total. The van der Waals surface area contributed by atoms with E-state index in [0.717, 1.165) is 6.92 Å². The Morgan fingerprint density at radius 3 is 2.44 bits per heavy atom. The zero-order chi connectivity index (χ0) is 19.3. The number of carbonyl (C=O) groups is 1. The summed E-state index contributed by atoms with van der Waals surface area (Å²) >= 11 is 0. The van der Waals surface area contributed by atoms with Crippen LogP contribution >= 0.6 is 0 Å². The van der Waals surface area contributed by atoms with Crippen LogP contribution in [-0.4, -0.2) is 35.9 Å². The van der Waals surface area contributed by atoms with E-state index in [1.807, 2.05) is 0 Å². The van der Waals surface area contributed by atoms with E-state index < -0.39 is 56.5 Å². The molecule has 1 rings (SSSR count). The summed E-state index contributed by atoms with van der Waals surface area (Å²) in [5.74, 6) is -7.86. The van der Waals surface area contributed by atoms with E-state index >= 15 is 0 Å². The molecule has 0 aliphatic carbocycles. The van der Waals surface area contributed by atoms with Gasteiger partial charge in [-0.1, -0.05) is 0 Å². The minimum Gasteiger partial charge on any atom is -0.506 e. The highest BCUT2D eigenvalue weighted by Crippen LogP contribution is 2.35. The molecule has 25 heavy (non-hydrogen) atoms. The molecule has 0 aliphatic rings. The molecular formula is C14H14F3N3O5. The number of nitrogens with zero attached hydrogens (tertiary/aromatic N) is 2. The predicted molar refractivity (Wildman–Crippen MR) is 81.4 cm³/mol. The van der Waals surface area contributed by atoms with Crippen LogP contribution in [0.25, 0.3) is 5.76 Å². The van der Waals surface area contributed by atoms with Crippen LogP contribution in [-0.2, 0) is 9.53 Å². The minimum absolute atomic E-state index is 0.135. The van der Waals surface area contributed by atoms with Crippen LogP contribution in [0.3, 0.4) is 0 Å². The van der Waals surface area contributed by atoms with E-state index in [2.05, 4.69) is 15.3 Å². The van der Waals surface area contributed by atoms with E-state index in [-0.39, 0.29) is 6.61 Å². The molecule has 0 spiro atoms. The van der Waals surface area contributed by atoms with E-state index in [0.29, 0.717) is 6.21 Å². The van der Waals surface area contributed by atoms with Gasteiger partial charge in [0.1, 0.15) is 22.7 Å². The van der Waals surface area contributed by atoms with Crippen molar-refractivity contribution in [3.63, 3.8) is 0 Å². The largest absolute Gasteiger partial charge is 0.506 e.